The van der Waals surface area contributed by atoms with Crippen molar-refractivity contribution in [2.75, 3.05) is 38.2 Å². The van der Waals surface area contributed by atoms with Gasteiger partial charge in [0.2, 0.25) is 0 Å². The average molecular weight is 394 g/mol. The van der Waals surface area contributed by atoms with Gasteiger partial charge in [-0.2, -0.15) is 5.10 Å². The summed E-state index contributed by atoms with van der Waals surface area (Å²) in [6.07, 6.45) is 0.825. The van der Waals surface area contributed by atoms with E-state index in [2.05, 4.69) is 15.1 Å². The molecular weight excluding hydrogens is 371 g/mol. The van der Waals surface area contributed by atoms with Crippen LogP contribution in [0.25, 0.3) is 11.3 Å². The number of H-pyrrole nitrogens is 1. The maximum Gasteiger partial charge on any atom is 0.254 e. The molecule has 3 aromatic rings. The summed E-state index contributed by atoms with van der Waals surface area (Å²) in [5, 5.41) is 7.55. The van der Waals surface area contributed by atoms with Gasteiger partial charge < -0.3 is 14.5 Å². The maximum atomic E-state index is 13.4. The minimum atomic E-state index is -0.394. The molecule has 1 N–H and O–H groups in total. The molecule has 6 nitrogen and oxygen atoms in total. The van der Waals surface area contributed by atoms with Crippen LogP contribution in [0.3, 0.4) is 0 Å². The smallest absolute Gasteiger partial charge is 0.254 e. The Kier molecular flexibility index (Phi) is 5.46. The van der Waals surface area contributed by atoms with E-state index in [4.69, 9.17) is 4.74 Å². The van der Waals surface area contributed by atoms with Crippen molar-refractivity contribution in [2.45, 2.75) is 6.42 Å². The van der Waals surface area contributed by atoms with Crippen LogP contribution in [-0.2, 0) is 0 Å². The van der Waals surface area contributed by atoms with Crippen molar-refractivity contribution in [1.29, 1.82) is 0 Å². The minimum Gasteiger partial charge on any atom is -0.497 e. The van der Waals surface area contributed by atoms with Crippen LogP contribution < -0.4 is 9.64 Å². The first-order valence-corrected chi connectivity index (χ1v) is 9.63. The molecule has 1 aromatic heterocycles. The molecule has 4 rings (SSSR count). The predicted molar refractivity (Wildman–Crippen MR) is 110 cm³/mol. The lowest BCUT2D eigenvalue weighted by atomic mass is 10.1. The Morgan fingerprint density at radius 3 is 2.66 bits per heavy atom. The predicted octanol–water partition coefficient (Wildman–Crippen LogP) is 3.58. The van der Waals surface area contributed by atoms with Crippen molar-refractivity contribution < 1.29 is 13.9 Å². The van der Waals surface area contributed by atoms with E-state index in [0.717, 1.165) is 35.8 Å². The first-order chi connectivity index (χ1) is 14.1. The van der Waals surface area contributed by atoms with E-state index in [-0.39, 0.29) is 5.91 Å². The number of carbonyl (C=O) groups excluding carboxylic acids is 1. The Labute approximate surface area is 168 Å². The highest BCUT2D eigenvalue weighted by Gasteiger charge is 2.22. The summed E-state index contributed by atoms with van der Waals surface area (Å²) in [6, 6.07) is 15.7. The number of hydrogen-bond acceptors (Lipinski definition) is 4. The summed E-state index contributed by atoms with van der Waals surface area (Å²) in [6.45, 7) is 2.69. The van der Waals surface area contributed by atoms with Gasteiger partial charge in [-0.3, -0.25) is 9.89 Å². The fourth-order valence-electron chi connectivity index (χ4n) is 3.55. The lowest BCUT2D eigenvalue weighted by molar-refractivity contribution is 0.0766. The number of ether oxygens (including phenoxy) is 1. The number of amides is 1. The Morgan fingerprint density at radius 2 is 1.90 bits per heavy atom. The number of nitrogens with one attached hydrogen (secondary N) is 1. The van der Waals surface area contributed by atoms with Gasteiger partial charge in [0.05, 0.1) is 12.8 Å². The zero-order valence-corrected chi connectivity index (χ0v) is 16.3. The molecule has 0 radical (unpaired) electrons. The van der Waals surface area contributed by atoms with Crippen LogP contribution in [0.1, 0.15) is 16.8 Å². The minimum absolute atomic E-state index is 0.132. The number of carbonyl (C=O) groups is 1. The number of rotatable bonds is 4. The molecule has 2 heterocycles. The van der Waals surface area contributed by atoms with Gasteiger partial charge in [-0.25, -0.2) is 4.39 Å². The molecule has 1 aliphatic heterocycles. The van der Waals surface area contributed by atoms with Crippen LogP contribution in [0.5, 0.6) is 5.75 Å². The van der Waals surface area contributed by atoms with Gasteiger partial charge in [-0.15, -0.1) is 0 Å². The van der Waals surface area contributed by atoms with Crippen molar-refractivity contribution in [2.24, 2.45) is 0 Å². The number of halogens is 1. The standard InChI is InChI=1S/C22H23FN4O2/c1-29-19-8-6-16(7-9-19)20-15-21(25-24-20)26-10-3-11-27(13-12-26)22(28)17-4-2-5-18(23)14-17/h2,4-9,14-15H,3,10-13H2,1H3,(H,24,25). The van der Waals surface area contributed by atoms with Crippen LogP contribution in [0.15, 0.2) is 54.6 Å². The summed E-state index contributed by atoms with van der Waals surface area (Å²) < 4.78 is 18.6. The highest BCUT2D eigenvalue weighted by Crippen LogP contribution is 2.25. The lowest BCUT2D eigenvalue weighted by Crippen LogP contribution is -2.35. The second-order valence-electron chi connectivity index (χ2n) is 7.01. The Balaban J connectivity index is 1.43. The van der Waals surface area contributed by atoms with Gasteiger partial charge in [0.1, 0.15) is 11.6 Å². The fourth-order valence-corrected chi connectivity index (χ4v) is 3.55. The molecule has 0 atom stereocenters. The molecule has 150 valence electrons. The normalized spacial score (nSPS) is 14.6. The SMILES string of the molecule is COc1ccc(-c2cc(N3CCCN(C(=O)c4cccc(F)c4)CC3)n[nH]2)cc1. The van der Waals surface area contributed by atoms with Gasteiger partial charge in [0.15, 0.2) is 5.82 Å². The Hall–Kier alpha value is -3.35. The first-order valence-electron chi connectivity index (χ1n) is 9.63. The van der Waals surface area contributed by atoms with E-state index in [1.165, 1.54) is 12.1 Å². The van der Waals surface area contributed by atoms with Crippen molar-refractivity contribution in [3.8, 4) is 17.0 Å². The molecule has 0 saturated carbocycles. The molecule has 1 aliphatic rings. The molecule has 1 fully saturated rings. The van der Waals surface area contributed by atoms with E-state index in [0.29, 0.717) is 25.2 Å². The maximum absolute atomic E-state index is 13.4. The molecule has 2 aromatic carbocycles. The molecule has 0 unspecified atom stereocenters. The summed E-state index contributed by atoms with van der Waals surface area (Å²) in [5.41, 5.74) is 2.35. The third-order valence-electron chi connectivity index (χ3n) is 5.14. The number of methoxy groups -OCH3 is 1. The molecule has 7 heteroatoms. The van der Waals surface area contributed by atoms with Crippen LogP contribution in [0.2, 0.25) is 0 Å². The van der Waals surface area contributed by atoms with Gasteiger partial charge in [-0.1, -0.05) is 6.07 Å². The van der Waals surface area contributed by atoms with Crippen molar-refractivity contribution in [3.05, 3.63) is 66.0 Å². The quantitative estimate of drug-likeness (QED) is 0.735. The monoisotopic (exact) mass is 394 g/mol. The third kappa shape index (κ3) is 4.23. The fraction of sp³-hybridized carbons (Fsp3) is 0.273. The van der Waals surface area contributed by atoms with Gasteiger partial charge in [-0.05, 0) is 54.4 Å². The topological polar surface area (TPSA) is 61.5 Å². The summed E-state index contributed by atoms with van der Waals surface area (Å²) in [5.74, 6) is 1.14. The van der Waals surface area contributed by atoms with E-state index in [1.54, 1.807) is 24.1 Å². The number of nitrogens with zero attached hydrogens (tertiary/aromatic N) is 3. The summed E-state index contributed by atoms with van der Waals surface area (Å²) >= 11 is 0. The van der Waals surface area contributed by atoms with Crippen LogP contribution in [0.4, 0.5) is 10.2 Å². The molecule has 0 aliphatic carbocycles. The van der Waals surface area contributed by atoms with E-state index in [1.807, 2.05) is 30.3 Å². The first kappa shape index (κ1) is 19.0. The molecule has 1 saturated heterocycles. The second kappa shape index (κ2) is 8.34. The summed E-state index contributed by atoms with van der Waals surface area (Å²) in [7, 11) is 1.64. The highest BCUT2D eigenvalue weighted by molar-refractivity contribution is 5.94. The van der Waals surface area contributed by atoms with E-state index in [9.17, 15) is 9.18 Å². The van der Waals surface area contributed by atoms with Crippen molar-refractivity contribution in [3.63, 3.8) is 0 Å². The van der Waals surface area contributed by atoms with Crippen molar-refractivity contribution in [1.82, 2.24) is 15.1 Å². The number of benzene rings is 2. The lowest BCUT2D eigenvalue weighted by Gasteiger charge is -2.22. The molecule has 0 spiro atoms. The van der Waals surface area contributed by atoms with Gasteiger partial charge in [0, 0.05) is 37.8 Å². The van der Waals surface area contributed by atoms with E-state index >= 15 is 0 Å². The van der Waals surface area contributed by atoms with Crippen LogP contribution in [0, 0.1) is 5.82 Å². The van der Waals surface area contributed by atoms with Crippen molar-refractivity contribution >= 4 is 11.7 Å². The summed E-state index contributed by atoms with van der Waals surface area (Å²) in [4.78, 5) is 16.7. The molecule has 0 bridgehead atoms. The number of aromatic nitrogens is 2. The number of aromatic amines is 1. The zero-order chi connectivity index (χ0) is 20.2. The molecule has 29 heavy (non-hydrogen) atoms. The average Bonchev–Trinajstić information content (AvgIpc) is 3.11. The van der Waals surface area contributed by atoms with E-state index < -0.39 is 5.82 Å². The largest absolute Gasteiger partial charge is 0.497 e. The Bertz CT molecular complexity index is 986. The second-order valence-corrected chi connectivity index (χ2v) is 7.01. The molecular formula is C22H23FN4O2. The van der Waals surface area contributed by atoms with Gasteiger partial charge in [0.25, 0.3) is 5.91 Å². The number of hydrogen-bond donors (Lipinski definition) is 1. The highest BCUT2D eigenvalue weighted by atomic mass is 19.1. The van der Waals surface area contributed by atoms with Crippen LogP contribution in [-0.4, -0.2) is 54.3 Å². The number of anilines is 1. The Morgan fingerprint density at radius 1 is 1.07 bits per heavy atom. The van der Waals surface area contributed by atoms with Crippen LogP contribution >= 0.6 is 0 Å². The zero-order valence-electron chi connectivity index (χ0n) is 16.3. The van der Waals surface area contributed by atoms with Gasteiger partial charge >= 0.3 is 0 Å². The molecule has 1 amide bonds. The third-order valence-corrected chi connectivity index (χ3v) is 5.14.